The SMILES string of the molecule is O=C(NC(=O)c1ccccc1I)Nc1ccc(Cl)cc1. The minimum Gasteiger partial charge on any atom is -0.308 e. The van der Waals surface area contributed by atoms with Crippen molar-refractivity contribution in [1.29, 1.82) is 0 Å². The molecule has 2 aromatic rings. The summed E-state index contributed by atoms with van der Waals surface area (Å²) in [5, 5.41) is 5.41. The van der Waals surface area contributed by atoms with Crippen molar-refractivity contribution in [3.63, 3.8) is 0 Å². The molecule has 20 heavy (non-hydrogen) atoms. The summed E-state index contributed by atoms with van der Waals surface area (Å²) in [6, 6.07) is 13.0. The van der Waals surface area contributed by atoms with E-state index < -0.39 is 11.9 Å². The van der Waals surface area contributed by atoms with Gasteiger partial charge in [-0.1, -0.05) is 23.7 Å². The van der Waals surface area contributed by atoms with Gasteiger partial charge in [0.15, 0.2) is 0 Å². The molecule has 102 valence electrons. The molecule has 2 aromatic carbocycles. The standard InChI is InChI=1S/C14H10ClIN2O2/c15-9-5-7-10(8-6-9)17-14(20)18-13(19)11-3-1-2-4-12(11)16/h1-8H,(H2,17,18,19,20). The fraction of sp³-hybridized carbons (Fsp3) is 0. The number of amides is 3. The highest BCUT2D eigenvalue weighted by molar-refractivity contribution is 14.1. The van der Waals surface area contributed by atoms with Gasteiger partial charge in [-0.05, 0) is 59.0 Å². The van der Waals surface area contributed by atoms with Gasteiger partial charge in [-0.3, -0.25) is 10.1 Å². The van der Waals surface area contributed by atoms with Gasteiger partial charge in [0.25, 0.3) is 5.91 Å². The van der Waals surface area contributed by atoms with Crippen LogP contribution in [-0.2, 0) is 0 Å². The molecule has 6 heteroatoms. The van der Waals surface area contributed by atoms with Gasteiger partial charge in [-0.2, -0.15) is 0 Å². The Hall–Kier alpha value is -1.60. The summed E-state index contributed by atoms with van der Waals surface area (Å²) in [4.78, 5) is 23.6. The number of hydrogen-bond acceptors (Lipinski definition) is 2. The average Bonchev–Trinajstić information content (AvgIpc) is 2.41. The van der Waals surface area contributed by atoms with Crippen LogP contribution in [0.5, 0.6) is 0 Å². The van der Waals surface area contributed by atoms with Crippen LogP contribution in [0.4, 0.5) is 10.5 Å². The molecule has 0 heterocycles. The lowest BCUT2D eigenvalue weighted by molar-refractivity contribution is 0.0966. The van der Waals surface area contributed by atoms with Crippen LogP contribution in [0.15, 0.2) is 48.5 Å². The van der Waals surface area contributed by atoms with Gasteiger partial charge in [-0.25, -0.2) is 4.79 Å². The van der Waals surface area contributed by atoms with Crippen molar-refractivity contribution in [1.82, 2.24) is 5.32 Å². The van der Waals surface area contributed by atoms with Gasteiger partial charge in [0.2, 0.25) is 0 Å². The summed E-state index contributed by atoms with van der Waals surface area (Å²) in [6.07, 6.45) is 0. The molecule has 4 nitrogen and oxygen atoms in total. The lowest BCUT2D eigenvalue weighted by Crippen LogP contribution is -2.34. The molecule has 0 fully saturated rings. The first-order valence-electron chi connectivity index (χ1n) is 5.68. The van der Waals surface area contributed by atoms with E-state index in [-0.39, 0.29) is 0 Å². The molecule has 0 radical (unpaired) electrons. The molecule has 3 amide bonds. The molecular weight excluding hydrogens is 391 g/mol. The Morgan fingerprint density at radius 3 is 2.30 bits per heavy atom. The highest BCUT2D eigenvalue weighted by Crippen LogP contribution is 2.14. The second-order valence-electron chi connectivity index (χ2n) is 3.89. The first-order valence-corrected chi connectivity index (χ1v) is 7.14. The van der Waals surface area contributed by atoms with Crippen LogP contribution >= 0.6 is 34.2 Å². The highest BCUT2D eigenvalue weighted by atomic mass is 127. The maximum Gasteiger partial charge on any atom is 0.326 e. The number of halogens is 2. The zero-order chi connectivity index (χ0) is 14.5. The van der Waals surface area contributed by atoms with E-state index in [4.69, 9.17) is 11.6 Å². The summed E-state index contributed by atoms with van der Waals surface area (Å²) >= 11 is 7.79. The lowest BCUT2D eigenvalue weighted by atomic mass is 10.2. The second-order valence-corrected chi connectivity index (χ2v) is 5.49. The molecule has 0 saturated carbocycles. The molecule has 0 saturated heterocycles. The molecule has 0 aliphatic rings. The van der Waals surface area contributed by atoms with Gasteiger partial charge in [0.1, 0.15) is 0 Å². The monoisotopic (exact) mass is 400 g/mol. The number of anilines is 1. The predicted molar refractivity (Wildman–Crippen MR) is 87.1 cm³/mol. The Labute approximate surface area is 134 Å². The van der Waals surface area contributed by atoms with Crippen LogP contribution in [0, 0.1) is 3.57 Å². The van der Waals surface area contributed by atoms with Crippen molar-refractivity contribution in [2.24, 2.45) is 0 Å². The molecule has 0 aromatic heterocycles. The van der Waals surface area contributed by atoms with Crippen molar-refractivity contribution >= 4 is 51.8 Å². The van der Waals surface area contributed by atoms with Crippen LogP contribution in [-0.4, -0.2) is 11.9 Å². The smallest absolute Gasteiger partial charge is 0.308 e. The van der Waals surface area contributed by atoms with E-state index in [2.05, 4.69) is 10.6 Å². The van der Waals surface area contributed by atoms with Crippen LogP contribution in [0.25, 0.3) is 0 Å². The summed E-state index contributed by atoms with van der Waals surface area (Å²) < 4.78 is 0.780. The number of urea groups is 1. The van der Waals surface area contributed by atoms with Crippen molar-refractivity contribution in [3.05, 3.63) is 62.7 Å². The molecule has 0 unspecified atom stereocenters. The Balaban J connectivity index is 2.00. The van der Waals surface area contributed by atoms with Gasteiger partial charge in [-0.15, -0.1) is 0 Å². The van der Waals surface area contributed by atoms with E-state index in [1.807, 2.05) is 28.7 Å². The van der Waals surface area contributed by atoms with E-state index in [0.29, 0.717) is 16.3 Å². The summed E-state index contributed by atoms with van der Waals surface area (Å²) in [5.74, 6) is -0.443. The van der Waals surface area contributed by atoms with Crippen molar-refractivity contribution in [2.75, 3.05) is 5.32 Å². The van der Waals surface area contributed by atoms with Crippen molar-refractivity contribution in [2.45, 2.75) is 0 Å². The first kappa shape index (κ1) is 14.8. The number of imide groups is 1. The highest BCUT2D eigenvalue weighted by Gasteiger charge is 2.12. The van der Waals surface area contributed by atoms with Crippen LogP contribution in [0.3, 0.4) is 0 Å². The molecule has 0 aliphatic heterocycles. The number of hydrogen-bond donors (Lipinski definition) is 2. The van der Waals surface area contributed by atoms with Gasteiger partial charge >= 0.3 is 6.03 Å². The maximum absolute atomic E-state index is 11.9. The zero-order valence-corrected chi connectivity index (χ0v) is 13.1. The lowest BCUT2D eigenvalue weighted by Gasteiger charge is -2.07. The Morgan fingerprint density at radius 2 is 1.65 bits per heavy atom. The Morgan fingerprint density at radius 1 is 1.00 bits per heavy atom. The van der Waals surface area contributed by atoms with Crippen molar-refractivity contribution in [3.8, 4) is 0 Å². The van der Waals surface area contributed by atoms with Gasteiger partial charge in [0, 0.05) is 14.3 Å². The molecule has 2 N–H and O–H groups in total. The first-order chi connectivity index (χ1) is 9.56. The summed E-state index contributed by atoms with van der Waals surface area (Å²) in [5.41, 5.74) is 1.02. The minimum absolute atomic E-state index is 0.443. The summed E-state index contributed by atoms with van der Waals surface area (Å²) in [7, 11) is 0. The maximum atomic E-state index is 11.9. The van der Waals surface area contributed by atoms with E-state index >= 15 is 0 Å². The average molecular weight is 401 g/mol. The molecule has 0 bridgehead atoms. The summed E-state index contributed by atoms with van der Waals surface area (Å²) in [6.45, 7) is 0. The molecular formula is C14H10ClIN2O2. The fourth-order valence-electron chi connectivity index (χ4n) is 1.51. The third kappa shape index (κ3) is 3.94. The van der Waals surface area contributed by atoms with E-state index in [0.717, 1.165) is 3.57 Å². The van der Waals surface area contributed by atoms with Gasteiger partial charge in [0.05, 0.1) is 5.56 Å². The largest absolute Gasteiger partial charge is 0.326 e. The molecule has 0 spiro atoms. The van der Waals surface area contributed by atoms with E-state index in [1.54, 1.807) is 42.5 Å². The number of carbonyl (C=O) groups excluding carboxylic acids is 2. The predicted octanol–water partition coefficient (Wildman–Crippen LogP) is 3.91. The number of rotatable bonds is 2. The third-order valence-corrected chi connectivity index (χ3v) is 3.64. The van der Waals surface area contributed by atoms with E-state index in [1.165, 1.54) is 0 Å². The Bertz CT molecular complexity index is 644. The number of carbonyl (C=O) groups is 2. The molecule has 2 rings (SSSR count). The number of benzene rings is 2. The minimum atomic E-state index is -0.586. The van der Waals surface area contributed by atoms with Crippen molar-refractivity contribution < 1.29 is 9.59 Å². The second kappa shape index (κ2) is 6.71. The topological polar surface area (TPSA) is 58.2 Å². The normalized spacial score (nSPS) is 9.90. The third-order valence-electron chi connectivity index (χ3n) is 2.45. The number of nitrogens with one attached hydrogen (secondary N) is 2. The quantitative estimate of drug-likeness (QED) is 0.751. The Kier molecular flexibility index (Phi) is 4.97. The fourth-order valence-corrected chi connectivity index (χ4v) is 2.27. The van der Waals surface area contributed by atoms with Crippen LogP contribution in [0.2, 0.25) is 5.02 Å². The molecule has 0 atom stereocenters. The van der Waals surface area contributed by atoms with Crippen LogP contribution in [0.1, 0.15) is 10.4 Å². The van der Waals surface area contributed by atoms with Gasteiger partial charge < -0.3 is 5.32 Å². The molecule has 0 aliphatic carbocycles. The van der Waals surface area contributed by atoms with Crippen LogP contribution < -0.4 is 10.6 Å². The van der Waals surface area contributed by atoms with E-state index in [9.17, 15) is 9.59 Å². The zero-order valence-electron chi connectivity index (χ0n) is 10.2.